The number of benzene rings is 1. The maximum Gasteiger partial charge on any atom is 0.417 e. The van der Waals surface area contributed by atoms with Crippen molar-refractivity contribution in [1.82, 2.24) is 14.8 Å². The predicted molar refractivity (Wildman–Crippen MR) is 101 cm³/mol. The Morgan fingerprint density at radius 2 is 1.75 bits per heavy atom. The molecule has 0 fully saturated rings. The van der Waals surface area contributed by atoms with Crippen LogP contribution in [0.25, 0.3) is 5.82 Å². The molecule has 1 N–H and O–H groups in total. The first-order valence-corrected chi connectivity index (χ1v) is 8.76. The van der Waals surface area contributed by atoms with Crippen LogP contribution >= 0.6 is 23.2 Å². The molecule has 1 atom stereocenters. The molecule has 10 heteroatoms. The van der Waals surface area contributed by atoms with E-state index in [1.807, 2.05) is 19.1 Å². The Bertz CT molecular complexity index is 1030. The number of nitrogens with one attached hydrogen (secondary N) is 1. The molecule has 2 aromatic heterocycles. The van der Waals surface area contributed by atoms with Crippen molar-refractivity contribution in [2.75, 3.05) is 5.32 Å². The molecule has 5 nitrogen and oxygen atoms in total. The molecule has 2 heterocycles. The van der Waals surface area contributed by atoms with Crippen molar-refractivity contribution in [3.8, 4) is 5.82 Å². The van der Waals surface area contributed by atoms with E-state index < -0.39 is 17.3 Å². The van der Waals surface area contributed by atoms with Crippen molar-refractivity contribution in [2.24, 2.45) is 0 Å². The second-order valence-electron chi connectivity index (χ2n) is 5.91. The van der Waals surface area contributed by atoms with Crippen LogP contribution < -0.4 is 10.9 Å². The molecule has 28 heavy (non-hydrogen) atoms. The van der Waals surface area contributed by atoms with E-state index in [0.29, 0.717) is 11.2 Å². The smallest absolute Gasteiger partial charge is 0.376 e. The van der Waals surface area contributed by atoms with Gasteiger partial charge in [0.05, 0.1) is 17.4 Å². The van der Waals surface area contributed by atoms with Crippen LogP contribution in [0.4, 0.5) is 18.9 Å². The minimum atomic E-state index is -4.52. The molecule has 0 aliphatic rings. The van der Waals surface area contributed by atoms with Crippen LogP contribution in [0, 0.1) is 0 Å². The van der Waals surface area contributed by atoms with Gasteiger partial charge in [-0.3, -0.25) is 4.79 Å². The lowest BCUT2D eigenvalue weighted by Gasteiger charge is -2.17. The molecule has 0 saturated heterocycles. The monoisotopic (exact) mass is 428 g/mol. The molecule has 0 bridgehead atoms. The van der Waals surface area contributed by atoms with Crippen LogP contribution in [0.15, 0.2) is 53.6 Å². The van der Waals surface area contributed by atoms with E-state index >= 15 is 0 Å². The van der Waals surface area contributed by atoms with Crippen molar-refractivity contribution in [3.05, 3.63) is 80.3 Å². The number of alkyl halides is 3. The molecular formula is C18H13Cl2F3N4O. The lowest BCUT2D eigenvalue weighted by atomic mass is 10.1. The zero-order chi connectivity index (χ0) is 20.5. The number of pyridine rings is 1. The Hall–Kier alpha value is -2.58. The van der Waals surface area contributed by atoms with Crippen LogP contribution in [0.5, 0.6) is 0 Å². The third-order valence-electron chi connectivity index (χ3n) is 3.95. The minimum absolute atomic E-state index is 0.0720. The number of hydrogen-bond acceptors (Lipinski definition) is 4. The largest absolute Gasteiger partial charge is 0.417 e. The van der Waals surface area contributed by atoms with Gasteiger partial charge in [-0.1, -0.05) is 35.3 Å². The number of rotatable bonds is 4. The summed E-state index contributed by atoms with van der Waals surface area (Å²) in [7, 11) is 0. The van der Waals surface area contributed by atoms with E-state index in [1.165, 1.54) is 6.20 Å². The Morgan fingerprint density at radius 1 is 1.07 bits per heavy atom. The molecule has 3 rings (SSSR count). The molecule has 0 aliphatic carbocycles. The Labute approximate surface area is 167 Å². The van der Waals surface area contributed by atoms with Gasteiger partial charge in [-0.15, -0.1) is 0 Å². The van der Waals surface area contributed by atoms with Gasteiger partial charge in [0.1, 0.15) is 5.02 Å². The van der Waals surface area contributed by atoms with Gasteiger partial charge < -0.3 is 5.32 Å². The van der Waals surface area contributed by atoms with Crippen LogP contribution in [0.2, 0.25) is 10.0 Å². The molecule has 0 radical (unpaired) electrons. The minimum Gasteiger partial charge on any atom is -0.376 e. The zero-order valence-corrected chi connectivity index (χ0v) is 15.8. The number of hydrogen-bond donors (Lipinski definition) is 1. The highest BCUT2D eigenvalue weighted by molar-refractivity contribution is 6.33. The molecule has 3 aromatic rings. The van der Waals surface area contributed by atoms with Gasteiger partial charge in [0.15, 0.2) is 5.82 Å². The van der Waals surface area contributed by atoms with Gasteiger partial charge in [0.25, 0.3) is 5.56 Å². The second kappa shape index (κ2) is 7.81. The zero-order valence-electron chi connectivity index (χ0n) is 14.3. The van der Waals surface area contributed by atoms with Crippen molar-refractivity contribution in [1.29, 1.82) is 0 Å². The Morgan fingerprint density at radius 3 is 2.32 bits per heavy atom. The lowest BCUT2D eigenvalue weighted by molar-refractivity contribution is -0.137. The molecule has 1 unspecified atom stereocenters. The molecule has 0 spiro atoms. The summed E-state index contributed by atoms with van der Waals surface area (Å²) < 4.78 is 38.8. The average Bonchev–Trinajstić information content (AvgIpc) is 2.65. The van der Waals surface area contributed by atoms with Crippen LogP contribution in [-0.4, -0.2) is 14.8 Å². The fourth-order valence-electron chi connectivity index (χ4n) is 2.44. The highest BCUT2D eigenvalue weighted by atomic mass is 35.5. The van der Waals surface area contributed by atoms with Gasteiger partial charge in [-0.05, 0) is 36.8 Å². The lowest BCUT2D eigenvalue weighted by Crippen LogP contribution is -2.24. The normalized spacial score (nSPS) is 12.6. The topological polar surface area (TPSA) is 59.8 Å². The Balaban J connectivity index is 1.87. The van der Waals surface area contributed by atoms with E-state index in [9.17, 15) is 18.0 Å². The summed E-state index contributed by atoms with van der Waals surface area (Å²) in [6.45, 7) is 1.86. The van der Waals surface area contributed by atoms with E-state index in [-0.39, 0.29) is 22.6 Å². The van der Waals surface area contributed by atoms with E-state index in [2.05, 4.69) is 15.4 Å². The third kappa shape index (κ3) is 4.28. The third-order valence-corrected chi connectivity index (χ3v) is 4.57. The summed E-state index contributed by atoms with van der Waals surface area (Å²) in [5.41, 5.74) is -0.431. The molecule has 1 aromatic carbocycles. The van der Waals surface area contributed by atoms with Crippen molar-refractivity contribution >= 4 is 28.9 Å². The van der Waals surface area contributed by atoms with Gasteiger partial charge in [0, 0.05) is 17.3 Å². The Kier molecular flexibility index (Phi) is 5.62. The van der Waals surface area contributed by atoms with E-state index in [1.54, 1.807) is 12.1 Å². The van der Waals surface area contributed by atoms with Crippen molar-refractivity contribution in [3.63, 3.8) is 0 Å². The summed E-state index contributed by atoms with van der Waals surface area (Å²) in [5, 5.41) is 7.47. The summed E-state index contributed by atoms with van der Waals surface area (Å²) in [6.07, 6.45) is -2.57. The summed E-state index contributed by atoms with van der Waals surface area (Å²) >= 11 is 12.0. The number of aromatic nitrogens is 3. The maximum atomic E-state index is 12.6. The first-order chi connectivity index (χ1) is 13.2. The number of anilines is 1. The quantitative estimate of drug-likeness (QED) is 0.625. The molecule has 0 aliphatic heterocycles. The predicted octanol–water partition coefficient (Wildman–Crippen LogP) is 5.13. The first kappa shape index (κ1) is 20.2. The van der Waals surface area contributed by atoms with Gasteiger partial charge >= 0.3 is 6.18 Å². The summed E-state index contributed by atoms with van der Waals surface area (Å²) in [6, 6.07) is 8.81. The fraction of sp³-hybridized carbons (Fsp3) is 0.167. The average molecular weight is 429 g/mol. The maximum absolute atomic E-state index is 12.6. The van der Waals surface area contributed by atoms with Crippen LogP contribution in [0.1, 0.15) is 24.1 Å². The van der Waals surface area contributed by atoms with Crippen molar-refractivity contribution in [2.45, 2.75) is 19.1 Å². The summed E-state index contributed by atoms with van der Waals surface area (Å²) in [4.78, 5) is 16.1. The fourth-order valence-corrected chi connectivity index (χ4v) is 2.75. The standard InChI is InChI=1S/C18H13Cl2F3N4O/c1-10(11-2-5-13(19)6-3-11)26-14-9-25-27(17(28)16(14)20)15-7-4-12(8-24-15)18(21,22)23/h2-10,26H,1H3. The summed E-state index contributed by atoms with van der Waals surface area (Å²) in [5.74, 6) is -0.0720. The second-order valence-corrected chi connectivity index (χ2v) is 6.72. The van der Waals surface area contributed by atoms with Crippen LogP contribution in [0.3, 0.4) is 0 Å². The van der Waals surface area contributed by atoms with Crippen molar-refractivity contribution < 1.29 is 13.2 Å². The molecule has 146 valence electrons. The van der Waals surface area contributed by atoms with Gasteiger partial charge in [-0.2, -0.15) is 23.0 Å². The molecular weight excluding hydrogens is 416 g/mol. The highest BCUT2D eigenvalue weighted by Crippen LogP contribution is 2.29. The number of halogens is 5. The van der Waals surface area contributed by atoms with Crippen LogP contribution in [-0.2, 0) is 6.18 Å². The highest BCUT2D eigenvalue weighted by Gasteiger charge is 2.30. The van der Waals surface area contributed by atoms with Gasteiger partial charge in [-0.25, -0.2) is 4.98 Å². The van der Waals surface area contributed by atoms with Gasteiger partial charge in [0.2, 0.25) is 0 Å². The SMILES string of the molecule is CC(Nc1cnn(-c2ccc(C(F)(F)F)cn2)c(=O)c1Cl)c1ccc(Cl)cc1. The molecule has 0 amide bonds. The number of nitrogens with zero attached hydrogens (tertiary/aromatic N) is 3. The first-order valence-electron chi connectivity index (χ1n) is 8.00. The van der Waals surface area contributed by atoms with E-state index in [4.69, 9.17) is 23.2 Å². The molecule has 0 saturated carbocycles. The van der Waals surface area contributed by atoms with E-state index in [0.717, 1.165) is 22.4 Å².